The van der Waals surface area contributed by atoms with Gasteiger partial charge in [-0.15, -0.1) is 0 Å². The van der Waals surface area contributed by atoms with Gasteiger partial charge >= 0.3 is 0 Å². The molecule has 4 saturated carbocycles. The van der Waals surface area contributed by atoms with Crippen molar-refractivity contribution in [3.05, 3.63) is 0 Å². The summed E-state index contributed by atoms with van der Waals surface area (Å²) in [6.45, 7) is 5.12. The Bertz CT molecular complexity index is 435. The second-order valence-corrected chi connectivity index (χ2v) is 9.58. The Morgan fingerprint density at radius 2 is 1.67 bits per heavy atom. The van der Waals surface area contributed by atoms with Crippen LogP contribution in [-0.2, 0) is 0 Å². The van der Waals surface area contributed by atoms with Crippen molar-refractivity contribution in [1.82, 2.24) is 0 Å². The van der Waals surface area contributed by atoms with Gasteiger partial charge in [-0.3, -0.25) is 0 Å². The maximum Gasteiger partial charge on any atom is 0.0222 e. The number of nitrogens with two attached hydrogens (primary N) is 2. The molecular weight excluding hydrogens is 256 g/mol. The molecule has 0 aliphatic heterocycles. The van der Waals surface area contributed by atoms with Gasteiger partial charge in [0.25, 0.3) is 0 Å². The molecule has 0 amide bonds. The van der Waals surface area contributed by atoms with Crippen LogP contribution in [0.25, 0.3) is 0 Å². The minimum atomic E-state index is 0.135. The number of hydrogen-bond acceptors (Lipinski definition) is 2. The standard InChI is InChI=1S/C19H34N2/c1-17-8-3-4-15(17)19(21)11-5-13-12-14(20)6-10-18(13,2)16(19)7-9-17/h13-16H,3-12,20-21H2,1-2H3. The fourth-order valence-corrected chi connectivity index (χ4v) is 7.51. The Labute approximate surface area is 130 Å². The first-order valence-electron chi connectivity index (χ1n) is 9.43. The van der Waals surface area contributed by atoms with E-state index in [9.17, 15) is 0 Å². The Balaban J connectivity index is 1.69. The molecule has 0 bridgehead atoms. The molecular formula is C19H34N2. The highest BCUT2D eigenvalue weighted by molar-refractivity contribution is 5.16. The molecule has 0 spiro atoms. The molecule has 0 aromatic rings. The zero-order valence-corrected chi connectivity index (χ0v) is 14.0. The van der Waals surface area contributed by atoms with Crippen molar-refractivity contribution in [3.8, 4) is 0 Å². The minimum Gasteiger partial charge on any atom is -0.328 e. The van der Waals surface area contributed by atoms with E-state index in [1.165, 1.54) is 64.2 Å². The minimum absolute atomic E-state index is 0.135. The molecule has 2 heteroatoms. The van der Waals surface area contributed by atoms with E-state index in [0.717, 1.165) is 17.8 Å². The topological polar surface area (TPSA) is 52.0 Å². The van der Waals surface area contributed by atoms with E-state index in [0.29, 0.717) is 16.9 Å². The van der Waals surface area contributed by atoms with Gasteiger partial charge in [0, 0.05) is 11.6 Å². The summed E-state index contributed by atoms with van der Waals surface area (Å²) in [5.41, 5.74) is 14.7. The molecule has 120 valence electrons. The zero-order chi connectivity index (χ0) is 14.9. The van der Waals surface area contributed by atoms with Crippen molar-refractivity contribution in [2.75, 3.05) is 0 Å². The third-order valence-electron chi connectivity index (χ3n) is 8.68. The van der Waals surface area contributed by atoms with Crippen LogP contribution in [0.2, 0.25) is 0 Å². The summed E-state index contributed by atoms with van der Waals surface area (Å²) in [5.74, 6) is 2.39. The van der Waals surface area contributed by atoms with E-state index >= 15 is 0 Å². The summed E-state index contributed by atoms with van der Waals surface area (Å²) < 4.78 is 0. The molecule has 4 aliphatic carbocycles. The molecule has 0 aromatic carbocycles. The van der Waals surface area contributed by atoms with Crippen LogP contribution in [0, 0.1) is 28.6 Å². The van der Waals surface area contributed by atoms with Crippen molar-refractivity contribution >= 4 is 0 Å². The zero-order valence-electron chi connectivity index (χ0n) is 14.0. The average molecular weight is 290 g/mol. The Hall–Kier alpha value is -0.0800. The van der Waals surface area contributed by atoms with Crippen molar-refractivity contribution in [1.29, 1.82) is 0 Å². The van der Waals surface area contributed by atoms with Crippen LogP contribution in [-0.4, -0.2) is 11.6 Å². The third-order valence-corrected chi connectivity index (χ3v) is 8.68. The number of hydrogen-bond donors (Lipinski definition) is 2. The quantitative estimate of drug-likeness (QED) is 0.712. The SMILES string of the molecule is CC12CCCC1C1(N)CCC3CC(N)CCC3(C)C1CC2. The predicted molar refractivity (Wildman–Crippen MR) is 87.7 cm³/mol. The molecule has 0 aromatic heterocycles. The smallest absolute Gasteiger partial charge is 0.0222 e. The summed E-state index contributed by atoms with van der Waals surface area (Å²) in [4.78, 5) is 0. The summed E-state index contributed by atoms with van der Waals surface area (Å²) in [6.07, 6.45) is 13.4. The van der Waals surface area contributed by atoms with Crippen LogP contribution in [0.3, 0.4) is 0 Å². The van der Waals surface area contributed by atoms with Gasteiger partial charge in [-0.2, -0.15) is 0 Å². The molecule has 4 N–H and O–H groups in total. The fourth-order valence-electron chi connectivity index (χ4n) is 7.51. The normalized spacial score (nSPS) is 60.0. The van der Waals surface area contributed by atoms with Crippen molar-refractivity contribution in [2.24, 2.45) is 40.1 Å². The molecule has 4 rings (SSSR count). The molecule has 4 aliphatic rings. The van der Waals surface area contributed by atoms with Gasteiger partial charge in [0.05, 0.1) is 0 Å². The molecule has 0 radical (unpaired) electrons. The van der Waals surface area contributed by atoms with Gasteiger partial charge in [0.15, 0.2) is 0 Å². The van der Waals surface area contributed by atoms with Gasteiger partial charge in [-0.05, 0) is 86.4 Å². The van der Waals surface area contributed by atoms with Crippen LogP contribution < -0.4 is 11.5 Å². The van der Waals surface area contributed by atoms with Gasteiger partial charge in [-0.25, -0.2) is 0 Å². The van der Waals surface area contributed by atoms with Crippen molar-refractivity contribution < 1.29 is 0 Å². The summed E-state index contributed by atoms with van der Waals surface area (Å²) >= 11 is 0. The van der Waals surface area contributed by atoms with Gasteiger partial charge in [0.1, 0.15) is 0 Å². The lowest BCUT2D eigenvalue weighted by molar-refractivity contribution is -0.120. The van der Waals surface area contributed by atoms with Crippen LogP contribution in [0.15, 0.2) is 0 Å². The molecule has 0 heterocycles. The molecule has 7 unspecified atom stereocenters. The highest BCUT2D eigenvalue weighted by Crippen LogP contribution is 2.66. The van der Waals surface area contributed by atoms with Gasteiger partial charge < -0.3 is 11.5 Å². The maximum atomic E-state index is 7.23. The Kier molecular flexibility index (Phi) is 3.09. The van der Waals surface area contributed by atoms with E-state index in [1.54, 1.807) is 0 Å². The van der Waals surface area contributed by atoms with Crippen LogP contribution in [0.1, 0.15) is 78.1 Å². The van der Waals surface area contributed by atoms with Crippen LogP contribution in [0.5, 0.6) is 0 Å². The van der Waals surface area contributed by atoms with Gasteiger partial charge in [-0.1, -0.05) is 20.3 Å². The number of rotatable bonds is 0. The average Bonchev–Trinajstić information content (AvgIpc) is 2.83. The Morgan fingerprint density at radius 3 is 2.48 bits per heavy atom. The Morgan fingerprint density at radius 1 is 0.857 bits per heavy atom. The molecule has 4 fully saturated rings. The monoisotopic (exact) mass is 290 g/mol. The van der Waals surface area contributed by atoms with Gasteiger partial charge in [0.2, 0.25) is 0 Å². The van der Waals surface area contributed by atoms with E-state index in [2.05, 4.69) is 13.8 Å². The lowest BCUT2D eigenvalue weighted by Gasteiger charge is -2.65. The largest absolute Gasteiger partial charge is 0.328 e. The second-order valence-electron chi connectivity index (χ2n) is 9.58. The molecule has 7 atom stereocenters. The first kappa shape index (κ1) is 14.5. The van der Waals surface area contributed by atoms with Crippen molar-refractivity contribution in [3.63, 3.8) is 0 Å². The molecule has 2 nitrogen and oxygen atoms in total. The maximum absolute atomic E-state index is 7.23. The first-order valence-corrected chi connectivity index (χ1v) is 9.43. The van der Waals surface area contributed by atoms with E-state index in [-0.39, 0.29) is 5.54 Å². The van der Waals surface area contributed by atoms with E-state index in [4.69, 9.17) is 11.5 Å². The second kappa shape index (κ2) is 4.47. The third kappa shape index (κ3) is 1.84. The van der Waals surface area contributed by atoms with E-state index < -0.39 is 0 Å². The highest BCUT2D eigenvalue weighted by Gasteiger charge is 2.63. The van der Waals surface area contributed by atoms with Crippen LogP contribution >= 0.6 is 0 Å². The van der Waals surface area contributed by atoms with Crippen LogP contribution in [0.4, 0.5) is 0 Å². The molecule has 21 heavy (non-hydrogen) atoms. The lowest BCUT2D eigenvalue weighted by atomic mass is 9.42. The van der Waals surface area contributed by atoms with Crippen molar-refractivity contribution in [2.45, 2.75) is 89.6 Å². The molecule has 0 saturated heterocycles. The first-order chi connectivity index (χ1) is 9.88. The summed E-state index contributed by atoms with van der Waals surface area (Å²) in [7, 11) is 0. The fraction of sp³-hybridized carbons (Fsp3) is 1.00. The highest BCUT2D eigenvalue weighted by atomic mass is 14.9. The summed E-state index contributed by atoms with van der Waals surface area (Å²) in [6, 6.07) is 0.452. The lowest BCUT2D eigenvalue weighted by Crippen LogP contribution is -2.67. The van der Waals surface area contributed by atoms with E-state index in [1.807, 2.05) is 0 Å². The summed E-state index contributed by atoms with van der Waals surface area (Å²) in [5, 5.41) is 0. The number of fused-ring (bicyclic) bond motifs is 5. The predicted octanol–water partition coefficient (Wildman–Crippen LogP) is 3.83.